The summed E-state index contributed by atoms with van der Waals surface area (Å²) in [5.41, 5.74) is 1.15. The lowest BCUT2D eigenvalue weighted by molar-refractivity contribution is -0.159. The van der Waals surface area contributed by atoms with E-state index in [0.29, 0.717) is 11.4 Å². The normalized spacial score (nSPS) is 12.0. The summed E-state index contributed by atoms with van der Waals surface area (Å²) in [5, 5.41) is 7.27. The van der Waals surface area contributed by atoms with Gasteiger partial charge in [0.25, 0.3) is 6.43 Å². The van der Waals surface area contributed by atoms with Crippen LogP contribution in [-0.2, 0) is 19.3 Å². The molecule has 0 amide bonds. The second kappa shape index (κ2) is 7.29. The molecule has 0 saturated heterocycles. The molecule has 0 unspecified atom stereocenters. The molecule has 3 aromatic rings. The first kappa shape index (κ1) is 18.7. The molecule has 0 bridgehead atoms. The summed E-state index contributed by atoms with van der Waals surface area (Å²) in [4.78, 5) is 7.21. The van der Waals surface area contributed by atoms with Crippen LogP contribution in [0.4, 0.5) is 22.0 Å². The maximum atomic E-state index is 12.5. The van der Waals surface area contributed by atoms with E-state index in [1.165, 1.54) is 18.3 Å². The molecule has 27 heavy (non-hydrogen) atoms. The van der Waals surface area contributed by atoms with Crippen molar-refractivity contribution in [3.05, 3.63) is 41.7 Å². The lowest BCUT2D eigenvalue weighted by Gasteiger charge is -2.04. The van der Waals surface area contributed by atoms with Crippen molar-refractivity contribution in [1.82, 2.24) is 24.9 Å². The first-order valence-corrected chi connectivity index (χ1v) is 7.54. The molecule has 0 aliphatic rings. The summed E-state index contributed by atoms with van der Waals surface area (Å²) < 4.78 is 73.2. The molecule has 3 heterocycles. The number of ether oxygens (including phenoxy) is 1. The first-order chi connectivity index (χ1) is 12.7. The van der Waals surface area contributed by atoms with E-state index < -0.39 is 25.0 Å². The van der Waals surface area contributed by atoms with Gasteiger partial charge >= 0.3 is 12.1 Å². The summed E-state index contributed by atoms with van der Waals surface area (Å²) in [6, 6.07) is 4.30. The lowest BCUT2D eigenvalue weighted by atomic mass is 10.2. The van der Waals surface area contributed by atoms with Gasteiger partial charge in [0, 0.05) is 23.5 Å². The standard InChI is InChI=1S/C15H12F5N5O2/c1-8-4-10(23-25(8)6-11(16)17)7-26-12-5-9(2-3-21-12)13-22-14(27-24-13)15(18,19)20/h2-5,11H,6-7H2,1H3. The molecule has 3 rings (SSSR count). The Bertz CT molecular complexity index is 921. The van der Waals surface area contributed by atoms with E-state index in [1.807, 2.05) is 0 Å². The Morgan fingerprint density at radius 1 is 1.26 bits per heavy atom. The minimum absolute atomic E-state index is 0.0619. The molecule has 0 N–H and O–H groups in total. The number of nitrogens with zero attached hydrogens (tertiary/aromatic N) is 5. The maximum absolute atomic E-state index is 12.5. The van der Waals surface area contributed by atoms with Gasteiger partial charge in [-0.3, -0.25) is 4.68 Å². The Kier molecular flexibility index (Phi) is 5.06. The fourth-order valence-corrected chi connectivity index (χ4v) is 2.20. The second-order valence-corrected chi connectivity index (χ2v) is 5.44. The monoisotopic (exact) mass is 389 g/mol. The highest BCUT2D eigenvalue weighted by atomic mass is 19.4. The van der Waals surface area contributed by atoms with E-state index in [9.17, 15) is 22.0 Å². The van der Waals surface area contributed by atoms with Crippen molar-refractivity contribution >= 4 is 0 Å². The van der Waals surface area contributed by atoms with Crippen LogP contribution in [0.2, 0.25) is 0 Å². The Hall–Kier alpha value is -3.05. The number of alkyl halides is 5. The number of pyridine rings is 1. The first-order valence-electron chi connectivity index (χ1n) is 7.54. The highest BCUT2D eigenvalue weighted by Crippen LogP contribution is 2.29. The average molecular weight is 389 g/mol. The van der Waals surface area contributed by atoms with Crippen LogP contribution in [-0.4, -0.2) is 31.3 Å². The van der Waals surface area contributed by atoms with Crippen molar-refractivity contribution in [3.63, 3.8) is 0 Å². The molecular formula is C15H12F5N5O2. The molecule has 0 aliphatic heterocycles. The summed E-state index contributed by atoms with van der Waals surface area (Å²) in [7, 11) is 0. The third-order valence-corrected chi connectivity index (χ3v) is 3.37. The second-order valence-electron chi connectivity index (χ2n) is 5.44. The SMILES string of the molecule is Cc1cc(COc2cc(-c3noc(C(F)(F)F)n3)ccn2)nn1CC(F)F. The molecule has 144 valence electrons. The van der Waals surface area contributed by atoms with Gasteiger partial charge in [0.05, 0.1) is 0 Å². The molecule has 0 aromatic carbocycles. The number of rotatable bonds is 6. The van der Waals surface area contributed by atoms with Crippen LogP contribution < -0.4 is 4.74 Å². The predicted molar refractivity (Wildman–Crippen MR) is 79.8 cm³/mol. The highest BCUT2D eigenvalue weighted by Gasteiger charge is 2.38. The van der Waals surface area contributed by atoms with E-state index in [2.05, 4.69) is 24.7 Å². The Labute approximate surface area is 148 Å². The molecule has 0 aliphatic carbocycles. The zero-order valence-corrected chi connectivity index (χ0v) is 13.7. The van der Waals surface area contributed by atoms with Gasteiger partial charge in [0.2, 0.25) is 11.7 Å². The maximum Gasteiger partial charge on any atom is 0.471 e. The van der Waals surface area contributed by atoms with Crippen LogP contribution in [0.15, 0.2) is 28.9 Å². The highest BCUT2D eigenvalue weighted by molar-refractivity contribution is 5.55. The van der Waals surface area contributed by atoms with E-state index >= 15 is 0 Å². The number of aryl methyl sites for hydroxylation is 1. The van der Waals surface area contributed by atoms with Crippen molar-refractivity contribution in [1.29, 1.82) is 0 Å². The Morgan fingerprint density at radius 2 is 2.04 bits per heavy atom. The topological polar surface area (TPSA) is 78.9 Å². The van der Waals surface area contributed by atoms with Crippen molar-refractivity contribution in [2.24, 2.45) is 0 Å². The molecule has 0 saturated carbocycles. The number of hydrogen-bond donors (Lipinski definition) is 0. The number of hydrogen-bond acceptors (Lipinski definition) is 6. The van der Waals surface area contributed by atoms with Crippen LogP contribution >= 0.6 is 0 Å². The minimum Gasteiger partial charge on any atom is -0.471 e. The molecule has 0 atom stereocenters. The van der Waals surface area contributed by atoms with Crippen LogP contribution in [0.25, 0.3) is 11.4 Å². The Balaban J connectivity index is 1.70. The summed E-state index contributed by atoms with van der Waals surface area (Å²) in [6.45, 7) is 1.04. The largest absolute Gasteiger partial charge is 0.471 e. The van der Waals surface area contributed by atoms with Gasteiger partial charge in [-0.2, -0.15) is 23.3 Å². The van der Waals surface area contributed by atoms with Crippen molar-refractivity contribution in [2.75, 3.05) is 0 Å². The molecule has 0 radical (unpaired) electrons. The Morgan fingerprint density at radius 3 is 2.70 bits per heavy atom. The van der Waals surface area contributed by atoms with Gasteiger partial charge in [-0.1, -0.05) is 5.16 Å². The molecule has 12 heteroatoms. The molecular weight excluding hydrogens is 377 g/mol. The van der Waals surface area contributed by atoms with Crippen molar-refractivity contribution < 1.29 is 31.2 Å². The van der Waals surface area contributed by atoms with Gasteiger partial charge in [-0.15, -0.1) is 0 Å². The van der Waals surface area contributed by atoms with Crippen molar-refractivity contribution in [2.45, 2.75) is 32.7 Å². The summed E-state index contributed by atoms with van der Waals surface area (Å²) in [5.74, 6) is -1.66. The molecule has 0 fully saturated rings. The minimum atomic E-state index is -4.74. The van der Waals surface area contributed by atoms with Gasteiger partial charge in [0.1, 0.15) is 18.8 Å². The predicted octanol–water partition coefficient (Wildman–Crippen LogP) is 3.50. The van der Waals surface area contributed by atoms with E-state index in [1.54, 1.807) is 13.0 Å². The lowest BCUT2D eigenvalue weighted by Crippen LogP contribution is -2.10. The third-order valence-electron chi connectivity index (χ3n) is 3.37. The zero-order valence-electron chi connectivity index (χ0n) is 13.7. The summed E-state index contributed by atoms with van der Waals surface area (Å²) in [6.07, 6.45) is -5.98. The third kappa shape index (κ3) is 4.57. The quantitative estimate of drug-likeness (QED) is 0.601. The van der Waals surface area contributed by atoms with Crippen LogP contribution in [0.5, 0.6) is 5.88 Å². The van der Waals surface area contributed by atoms with Crippen LogP contribution in [0, 0.1) is 6.92 Å². The van der Waals surface area contributed by atoms with Gasteiger partial charge < -0.3 is 9.26 Å². The molecule has 0 spiro atoms. The molecule has 7 nitrogen and oxygen atoms in total. The summed E-state index contributed by atoms with van der Waals surface area (Å²) >= 11 is 0. The van der Waals surface area contributed by atoms with Crippen LogP contribution in [0.1, 0.15) is 17.3 Å². The smallest absolute Gasteiger partial charge is 0.471 e. The van der Waals surface area contributed by atoms with E-state index in [-0.39, 0.29) is 23.9 Å². The van der Waals surface area contributed by atoms with Gasteiger partial charge in [-0.05, 0) is 19.1 Å². The average Bonchev–Trinajstić information content (AvgIpc) is 3.20. The van der Waals surface area contributed by atoms with E-state index in [4.69, 9.17) is 4.74 Å². The zero-order chi connectivity index (χ0) is 19.6. The van der Waals surface area contributed by atoms with Crippen molar-refractivity contribution in [3.8, 4) is 17.3 Å². The van der Waals surface area contributed by atoms with Crippen LogP contribution in [0.3, 0.4) is 0 Å². The number of aromatic nitrogens is 5. The number of halogens is 5. The van der Waals surface area contributed by atoms with Gasteiger partial charge in [-0.25, -0.2) is 13.8 Å². The van der Waals surface area contributed by atoms with Gasteiger partial charge in [0.15, 0.2) is 0 Å². The molecule has 3 aromatic heterocycles. The fraction of sp³-hybridized carbons (Fsp3) is 0.333. The fourth-order valence-electron chi connectivity index (χ4n) is 2.20. The van der Waals surface area contributed by atoms with E-state index in [0.717, 1.165) is 4.68 Å².